The highest BCUT2D eigenvalue weighted by atomic mass is 16.5. The van der Waals surface area contributed by atoms with Gasteiger partial charge in [-0.05, 0) is 34.1 Å². The Bertz CT molecular complexity index is 360. The van der Waals surface area contributed by atoms with Gasteiger partial charge >= 0.3 is 0 Å². The summed E-state index contributed by atoms with van der Waals surface area (Å²) in [6.07, 6.45) is 1.11. The summed E-state index contributed by atoms with van der Waals surface area (Å²) < 4.78 is 0. The van der Waals surface area contributed by atoms with Gasteiger partial charge in [0.2, 0.25) is 11.8 Å². The van der Waals surface area contributed by atoms with Crippen molar-refractivity contribution in [3.63, 3.8) is 0 Å². The van der Waals surface area contributed by atoms with E-state index in [0.29, 0.717) is 6.42 Å². The molecule has 5 nitrogen and oxygen atoms in total. The Morgan fingerprint density at radius 1 is 1.06 bits per heavy atom. The zero-order valence-corrected chi connectivity index (χ0v) is 10.8. The summed E-state index contributed by atoms with van der Waals surface area (Å²) in [6.45, 7) is 7.32. The van der Waals surface area contributed by atoms with Crippen LogP contribution in [0.15, 0.2) is 0 Å². The van der Waals surface area contributed by atoms with E-state index in [4.69, 9.17) is 0 Å². The number of carbonyl (C=O) groups excluding carboxylic acids is 2. The molecule has 95 valence electrons. The molecule has 2 fully saturated rings. The van der Waals surface area contributed by atoms with Crippen LogP contribution in [0.2, 0.25) is 0 Å². The molecule has 17 heavy (non-hydrogen) atoms. The summed E-state index contributed by atoms with van der Waals surface area (Å²) in [4.78, 5) is 24.8. The summed E-state index contributed by atoms with van der Waals surface area (Å²) >= 11 is 0. The molecule has 2 aliphatic heterocycles. The van der Waals surface area contributed by atoms with Crippen molar-refractivity contribution in [1.29, 1.82) is 0 Å². The van der Waals surface area contributed by atoms with Crippen LogP contribution in [0.25, 0.3) is 0 Å². The Balaban J connectivity index is 2.34. The van der Waals surface area contributed by atoms with Crippen molar-refractivity contribution in [3.8, 4) is 0 Å². The number of rotatable bonds is 1. The molecule has 0 aromatic heterocycles. The molecule has 0 aliphatic carbocycles. The molecule has 0 N–H and O–H groups in total. The Hall–Kier alpha value is -0.940. The average Bonchev–Trinajstić information content (AvgIpc) is 2.60. The Morgan fingerprint density at radius 2 is 1.53 bits per heavy atom. The van der Waals surface area contributed by atoms with E-state index in [9.17, 15) is 14.8 Å². The van der Waals surface area contributed by atoms with Crippen LogP contribution in [-0.4, -0.2) is 38.9 Å². The molecular formula is C12H19N2O3. The quantitative estimate of drug-likeness (QED) is 0.644. The van der Waals surface area contributed by atoms with Gasteiger partial charge in [0.1, 0.15) is 0 Å². The Morgan fingerprint density at radius 3 is 1.88 bits per heavy atom. The molecule has 0 spiro atoms. The van der Waals surface area contributed by atoms with Crippen molar-refractivity contribution >= 4 is 11.8 Å². The van der Waals surface area contributed by atoms with Crippen LogP contribution in [0, 0.1) is 0 Å². The Labute approximate surface area is 101 Å². The van der Waals surface area contributed by atoms with Crippen LogP contribution in [0.3, 0.4) is 0 Å². The predicted molar refractivity (Wildman–Crippen MR) is 60.2 cm³/mol. The van der Waals surface area contributed by atoms with Crippen LogP contribution >= 0.6 is 0 Å². The molecular weight excluding hydrogens is 220 g/mol. The molecule has 0 bridgehead atoms. The highest BCUT2D eigenvalue weighted by Crippen LogP contribution is 2.43. The standard InChI is InChI=1S/C12H19N2O3/c1-11(2)7-8(12(3,4)14(11)17)13-9(15)5-6-10(13)16/h8H,5-7H2,1-4H3/t8-/m1/s1. The van der Waals surface area contributed by atoms with Gasteiger partial charge in [0.25, 0.3) is 0 Å². The highest BCUT2D eigenvalue weighted by Gasteiger charge is 2.57. The molecule has 2 rings (SSSR count). The van der Waals surface area contributed by atoms with E-state index in [2.05, 4.69) is 0 Å². The molecule has 0 aromatic carbocycles. The lowest BCUT2D eigenvalue weighted by Crippen LogP contribution is -2.54. The van der Waals surface area contributed by atoms with Crippen molar-refractivity contribution in [2.75, 3.05) is 0 Å². The van der Waals surface area contributed by atoms with E-state index in [0.717, 1.165) is 5.06 Å². The smallest absolute Gasteiger partial charge is 0.230 e. The minimum Gasteiger partial charge on any atom is -0.277 e. The van der Waals surface area contributed by atoms with Crippen molar-refractivity contribution in [1.82, 2.24) is 9.96 Å². The summed E-state index contributed by atoms with van der Waals surface area (Å²) in [7, 11) is 0. The largest absolute Gasteiger partial charge is 0.277 e. The molecule has 2 saturated heterocycles. The van der Waals surface area contributed by atoms with Crippen LogP contribution in [0.5, 0.6) is 0 Å². The zero-order chi connectivity index (χ0) is 13.0. The van der Waals surface area contributed by atoms with Gasteiger partial charge in [0.15, 0.2) is 0 Å². The second kappa shape index (κ2) is 3.53. The van der Waals surface area contributed by atoms with Crippen molar-refractivity contribution in [2.45, 2.75) is 64.1 Å². The summed E-state index contributed by atoms with van der Waals surface area (Å²) in [5.41, 5.74) is -1.24. The fourth-order valence-electron chi connectivity index (χ4n) is 3.07. The molecule has 2 aliphatic rings. The summed E-state index contributed by atoms with van der Waals surface area (Å²) in [5, 5.41) is 13.2. The maximum atomic E-state index is 12.2. The number of imide groups is 1. The number of carbonyl (C=O) groups is 2. The lowest BCUT2D eigenvalue weighted by molar-refractivity contribution is -0.248. The lowest BCUT2D eigenvalue weighted by Gasteiger charge is -2.36. The van der Waals surface area contributed by atoms with E-state index in [1.807, 2.05) is 13.8 Å². The van der Waals surface area contributed by atoms with Gasteiger partial charge in [-0.15, -0.1) is 10.3 Å². The first kappa shape index (κ1) is 12.5. The van der Waals surface area contributed by atoms with Crippen LogP contribution in [0.4, 0.5) is 0 Å². The molecule has 5 heteroatoms. The second-order valence-electron chi connectivity index (χ2n) is 6.14. The number of likely N-dealkylation sites (tertiary alicyclic amines) is 1. The maximum absolute atomic E-state index is 12.2. The van der Waals surface area contributed by atoms with Crippen LogP contribution in [-0.2, 0) is 14.8 Å². The minimum absolute atomic E-state index is 0.140. The number of hydroxylamine groups is 2. The third kappa shape index (κ3) is 1.68. The van der Waals surface area contributed by atoms with Gasteiger partial charge in [-0.1, -0.05) is 0 Å². The third-order valence-corrected chi connectivity index (χ3v) is 3.98. The molecule has 1 atom stereocenters. The number of amides is 2. The van der Waals surface area contributed by atoms with E-state index < -0.39 is 11.1 Å². The van der Waals surface area contributed by atoms with Gasteiger partial charge in [-0.2, -0.15) is 0 Å². The summed E-state index contributed by atoms with van der Waals surface area (Å²) in [6, 6.07) is -0.308. The number of hydrogen-bond acceptors (Lipinski definition) is 3. The lowest BCUT2D eigenvalue weighted by atomic mass is 9.93. The molecule has 0 aromatic rings. The molecule has 2 amide bonds. The highest BCUT2D eigenvalue weighted by molar-refractivity contribution is 6.02. The number of hydrogen-bond donors (Lipinski definition) is 0. The molecule has 2 heterocycles. The van der Waals surface area contributed by atoms with Crippen molar-refractivity contribution in [2.24, 2.45) is 0 Å². The second-order valence-corrected chi connectivity index (χ2v) is 6.14. The van der Waals surface area contributed by atoms with Gasteiger partial charge in [0, 0.05) is 18.4 Å². The topological polar surface area (TPSA) is 60.5 Å². The Kier molecular flexibility index (Phi) is 2.60. The average molecular weight is 239 g/mol. The van der Waals surface area contributed by atoms with E-state index in [-0.39, 0.29) is 30.7 Å². The van der Waals surface area contributed by atoms with Gasteiger partial charge in [0.05, 0.1) is 11.6 Å². The normalized spacial score (nSPS) is 32.5. The van der Waals surface area contributed by atoms with Crippen molar-refractivity contribution in [3.05, 3.63) is 0 Å². The van der Waals surface area contributed by atoms with Crippen molar-refractivity contribution < 1.29 is 14.8 Å². The third-order valence-electron chi connectivity index (χ3n) is 3.98. The van der Waals surface area contributed by atoms with Gasteiger partial charge in [-0.25, -0.2) is 0 Å². The maximum Gasteiger partial charge on any atom is 0.230 e. The fourth-order valence-corrected chi connectivity index (χ4v) is 3.07. The first-order valence-corrected chi connectivity index (χ1v) is 6.00. The predicted octanol–water partition coefficient (Wildman–Crippen LogP) is 1.11. The van der Waals surface area contributed by atoms with Gasteiger partial charge in [-0.3, -0.25) is 14.5 Å². The SMILES string of the molecule is CC1(C)C[C@@H](N2C(=O)CCC2=O)C(C)(C)N1[O]. The van der Waals surface area contributed by atoms with Gasteiger partial charge < -0.3 is 0 Å². The van der Waals surface area contributed by atoms with Crippen LogP contribution in [0.1, 0.15) is 47.0 Å². The molecule has 0 unspecified atom stereocenters. The van der Waals surface area contributed by atoms with Crippen LogP contribution < -0.4 is 0 Å². The summed E-state index contributed by atoms with van der Waals surface area (Å²) in [5.74, 6) is -0.279. The zero-order valence-electron chi connectivity index (χ0n) is 10.8. The van der Waals surface area contributed by atoms with E-state index in [1.165, 1.54) is 4.90 Å². The van der Waals surface area contributed by atoms with E-state index >= 15 is 0 Å². The molecule has 0 saturated carbocycles. The monoisotopic (exact) mass is 239 g/mol. The molecule has 1 radical (unpaired) electrons. The first-order valence-electron chi connectivity index (χ1n) is 6.00. The first-order chi connectivity index (χ1) is 7.68. The fraction of sp³-hybridized carbons (Fsp3) is 0.833. The van der Waals surface area contributed by atoms with E-state index in [1.54, 1.807) is 13.8 Å². The minimum atomic E-state index is -0.709. The number of nitrogens with zero attached hydrogens (tertiary/aromatic N) is 2.